The van der Waals surface area contributed by atoms with E-state index < -0.39 is 11.8 Å². The van der Waals surface area contributed by atoms with Gasteiger partial charge in [0.05, 0.1) is 0 Å². The number of benzene rings is 2. The van der Waals surface area contributed by atoms with Crippen LogP contribution in [0, 0.1) is 0 Å². The lowest BCUT2D eigenvalue weighted by atomic mass is 10.2. The maximum atomic E-state index is 12.2. The summed E-state index contributed by atoms with van der Waals surface area (Å²) in [5, 5.41) is 5.27. The molecule has 0 saturated carbocycles. The van der Waals surface area contributed by atoms with Gasteiger partial charge < -0.3 is 10.6 Å². The molecule has 1 aliphatic rings. The van der Waals surface area contributed by atoms with Crippen molar-refractivity contribution >= 4 is 35.6 Å². The van der Waals surface area contributed by atoms with Crippen molar-refractivity contribution in [2.24, 2.45) is 9.98 Å². The van der Waals surface area contributed by atoms with Gasteiger partial charge in [-0.3, -0.25) is 19.6 Å². The molecule has 0 atom stereocenters. The molecule has 0 aromatic heterocycles. The van der Waals surface area contributed by atoms with Crippen LogP contribution in [-0.4, -0.2) is 37.3 Å². The lowest BCUT2D eigenvalue weighted by Crippen LogP contribution is -2.29. The zero-order chi connectivity index (χ0) is 17.5. The molecule has 1 heterocycles. The largest absolute Gasteiger partial charge is 0.317 e. The van der Waals surface area contributed by atoms with Gasteiger partial charge in [0.2, 0.25) is 0 Å². The molecule has 2 aromatic carbocycles. The fraction of sp³-hybridized carbons (Fsp3) is 0.158. The maximum absolute atomic E-state index is 12.2. The molecule has 1 aliphatic heterocycles. The number of nitrogens with zero attached hydrogens (tertiary/aromatic N) is 2. The van der Waals surface area contributed by atoms with Gasteiger partial charge in [0.15, 0.2) is 0 Å². The molecule has 3 rings (SSSR count). The molecule has 0 fully saturated rings. The zero-order valence-electron chi connectivity index (χ0n) is 13.6. The molecular formula is C19H18N4O2. The van der Waals surface area contributed by atoms with Crippen molar-refractivity contribution in [3.8, 4) is 0 Å². The molecule has 0 spiro atoms. The molecule has 0 aliphatic carbocycles. The van der Waals surface area contributed by atoms with E-state index in [1.165, 1.54) is 0 Å². The minimum Gasteiger partial charge on any atom is -0.317 e. The van der Waals surface area contributed by atoms with E-state index in [0.717, 1.165) is 17.5 Å². The van der Waals surface area contributed by atoms with Gasteiger partial charge in [-0.05, 0) is 18.6 Å². The summed E-state index contributed by atoms with van der Waals surface area (Å²) >= 11 is 0. The molecule has 2 aromatic rings. The number of nitrogens with one attached hydrogen (secondary N) is 2. The number of hydrogen-bond acceptors (Lipinski definition) is 4. The van der Waals surface area contributed by atoms with Crippen LogP contribution in [0.5, 0.6) is 0 Å². The van der Waals surface area contributed by atoms with Crippen molar-refractivity contribution in [2.45, 2.75) is 6.42 Å². The number of fused-ring (bicyclic) bond motifs is 2. The first kappa shape index (κ1) is 16.6. The Labute approximate surface area is 145 Å². The smallest absolute Gasteiger partial charge is 0.314 e. The maximum Gasteiger partial charge on any atom is 0.314 e. The zero-order valence-corrected chi connectivity index (χ0v) is 13.6. The Bertz CT molecular complexity index is 773. The van der Waals surface area contributed by atoms with E-state index in [1.54, 1.807) is 36.7 Å². The third-order valence-corrected chi connectivity index (χ3v) is 3.66. The fourth-order valence-corrected chi connectivity index (χ4v) is 2.38. The Morgan fingerprint density at radius 1 is 0.680 bits per heavy atom. The Balaban J connectivity index is 1.91. The van der Waals surface area contributed by atoms with Gasteiger partial charge in [0.25, 0.3) is 0 Å². The van der Waals surface area contributed by atoms with Gasteiger partial charge in [-0.25, -0.2) is 0 Å². The van der Waals surface area contributed by atoms with E-state index in [9.17, 15) is 9.59 Å². The SMILES string of the molecule is O=C1Nc2ccccc2C=NCCCN=Cc2ccccc2NC1=O. The van der Waals surface area contributed by atoms with Crippen molar-refractivity contribution < 1.29 is 9.59 Å². The monoisotopic (exact) mass is 334 g/mol. The third-order valence-electron chi connectivity index (χ3n) is 3.66. The van der Waals surface area contributed by atoms with E-state index >= 15 is 0 Å². The van der Waals surface area contributed by atoms with Gasteiger partial charge in [0, 0.05) is 48.0 Å². The quantitative estimate of drug-likeness (QED) is 0.726. The van der Waals surface area contributed by atoms with Crippen molar-refractivity contribution in [1.29, 1.82) is 0 Å². The normalized spacial score (nSPS) is 15.2. The van der Waals surface area contributed by atoms with Crippen LogP contribution >= 0.6 is 0 Å². The number of carbonyl (C=O) groups is 2. The third kappa shape index (κ3) is 4.38. The van der Waals surface area contributed by atoms with E-state index in [2.05, 4.69) is 20.6 Å². The Hall–Kier alpha value is -3.28. The van der Waals surface area contributed by atoms with Crippen LogP contribution in [0.4, 0.5) is 11.4 Å². The Kier molecular flexibility index (Phi) is 5.31. The van der Waals surface area contributed by atoms with Crippen LogP contribution in [-0.2, 0) is 9.59 Å². The predicted octanol–water partition coefficient (Wildman–Crippen LogP) is 2.51. The van der Waals surface area contributed by atoms with Gasteiger partial charge >= 0.3 is 11.8 Å². The molecule has 0 saturated heterocycles. The van der Waals surface area contributed by atoms with E-state index in [4.69, 9.17) is 0 Å². The number of para-hydroxylation sites is 2. The summed E-state index contributed by atoms with van der Waals surface area (Å²) in [6.07, 6.45) is 4.22. The topological polar surface area (TPSA) is 82.9 Å². The number of carbonyl (C=O) groups excluding carboxylic acids is 2. The van der Waals surface area contributed by atoms with E-state index in [-0.39, 0.29) is 0 Å². The van der Waals surface area contributed by atoms with Crippen LogP contribution in [0.3, 0.4) is 0 Å². The summed E-state index contributed by atoms with van der Waals surface area (Å²) in [6, 6.07) is 14.4. The molecule has 0 radical (unpaired) electrons. The average molecular weight is 334 g/mol. The highest BCUT2D eigenvalue weighted by Gasteiger charge is 2.16. The first-order valence-corrected chi connectivity index (χ1v) is 8.04. The predicted molar refractivity (Wildman–Crippen MR) is 99.7 cm³/mol. The van der Waals surface area contributed by atoms with Crippen LogP contribution < -0.4 is 10.6 Å². The molecule has 2 N–H and O–H groups in total. The molecule has 0 unspecified atom stereocenters. The Morgan fingerprint density at radius 3 is 1.60 bits per heavy atom. The average Bonchev–Trinajstić information content (AvgIpc) is 2.63. The lowest BCUT2D eigenvalue weighted by molar-refractivity contribution is -0.133. The van der Waals surface area contributed by atoms with Crippen LogP contribution in [0.2, 0.25) is 0 Å². The van der Waals surface area contributed by atoms with E-state index in [0.29, 0.717) is 24.5 Å². The molecule has 25 heavy (non-hydrogen) atoms. The highest BCUT2D eigenvalue weighted by molar-refractivity contribution is 6.44. The second-order valence-electron chi connectivity index (χ2n) is 5.51. The van der Waals surface area contributed by atoms with Gasteiger partial charge in [-0.15, -0.1) is 0 Å². The second kappa shape index (κ2) is 8.01. The first-order chi connectivity index (χ1) is 12.2. The van der Waals surface area contributed by atoms with Crippen LogP contribution in [0.15, 0.2) is 58.5 Å². The van der Waals surface area contributed by atoms with Crippen LogP contribution in [0.25, 0.3) is 0 Å². The number of aliphatic imine (C=N–C) groups is 2. The summed E-state index contributed by atoms with van der Waals surface area (Å²) in [4.78, 5) is 33.2. The number of amides is 2. The number of rotatable bonds is 0. The summed E-state index contributed by atoms with van der Waals surface area (Å²) < 4.78 is 0. The molecular weight excluding hydrogens is 316 g/mol. The summed E-state index contributed by atoms with van der Waals surface area (Å²) in [6.45, 7) is 1.27. The van der Waals surface area contributed by atoms with E-state index in [1.807, 2.05) is 24.3 Å². The molecule has 0 bridgehead atoms. The number of anilines is 2. The van der Waals surface area contributed by atoms with Gasteiger partial charge in [-0.1, -0.05) is 36.4 Å². The van der Waals surface area contributed by atoms with Crippen LogP contribution in [0.1, 0.15) is 17.5 Å². The van der Waals surface area contributed by atoms with Crippen molar-refractivity contribution in [1.82, 2.24) is 0 Å². The minimum atomic E-state index is -0.734. The second-order valence-corrected chi connectivity index (χ2v) is 5.51. The molecule has 2 amide bonds. The standard InChI is InChI=1S/C19H18N4O2/c24-18-19(25)23-17-9-4-2-7-15(17)13-21-11-5-10-20-12-14-6-1-3-8-16(14)22-18/h1-4,6-9,12-13H,5,10-11H2,(H,22,24)(H,23,25). The number of hydrogen-bond donors (Lipinski definition) is 2. The first-order valence-electron chi connectivity index (χ1n) is 8.04. The fourth-order valence-electron chi connectivity index (χ4n) is 2.38. The summed E-state index contributed by atoms with van der Waals surface area (Å²) in [7, 11) is 0. The van der Waals surface area contributed by atoms with Gasteiger partial charge in [0.1, 0.15) is 0 Å². The minimum absolute atomic E-state index is 0.547. The highest BCUT2D eigenvalue weighted by atomic mass is 16.2. The Morgan fingerprint density at radius 2 is 1.12 bits per heavy atom. The summed E-state index contributed by atoms with van der Waals surface area (Å²) in [5.74, 6) is -1.47. The molecule has 6 heteroatoms. The molecule has 6 nitrogen and oxygen atoms in total. The van der Waals surface area contributed by atoms with Crippen molar-refractivity contribution in [3.05, 3.63) is 59.7 Å². The summed E-state index contributed by atoms with van der Waals surface area (Å²) in [5.41, 5.74) is 2.60. The molecule has 126 valence electrons. The highest BCUT2D eigenvalue weighted by Crippen LogP contribution is 2.15. The lowest BCUT2D eigenvalue weighted by Gasteiger charge is -2.10. The van der Waals surface area contributed by atoms with Crippen molar-refractivity contribution in [3.63, 3.8) is 0 Å². The van der Waals surface area contributed by atoms with Crippen molar-refractivity contribution in [2.75, 3.05) is 23.7 Å². The van der Waals surface area contributed by atoms with Gasteiger partial charge in [-0.2, -0.15) is 0 Å².